The van der Waals surface area contributed by atoms with Crippen LogP contribution in [0.4, 0.5) is 11.6 Å². The first-order valence-corrected chi connectivity index (χ1v) is 8.30. The van der Waals surface area contributed by atoms with Gasteiger partial charge in [-0.2, -0.15) is 0 Å². The van der Waals surface area contributed by atoms with Crippen molar-refractivity contribution in [2.45, 2.75) is 26.3 Å². The molecule has 0 aliphatic carbocycles. The Labute approximate surface area is 160 Å². The van der Waals surface area contributed by atoms with E-state index < -0.39 is 28.2 Å². The number of nitrogens with zero attached hydrogens (tertiary/aromatic N) is 1. The minimum absolute atomic E-state index is 0.125. The standard InChI is InChI=1S/C18H20N4O6/c1-18(2,3)21-14(23)10-19-16(24)11-6-4-5-7-12(11)20-17(25)13-8-9-15(28-13)22(26)27/h4-9H,10H2,1-3H3,(H,19,24)(H,20,25)(H,21,23). The summed E-state index contributed by atoms with van der Waals surface area (Å²) in [6.45, 7) is 5.21. The van der Waals surface area contributed by atoms with E-state index >= 15 is 0 Å². The van der Waals surface area contributed by atoms with E-state index in [2.05, 4.69) is 16.0 Å². The maximum Gasteiger partial charge on any atom is 0.433 e. The van der Waals surface area contributed by atoms with Crippen LogP contribution in [-0.4, -0.2) is 34.7 Å². The lowest BCUT2D eigenvalue weighted by molar-refractivity contribution is -0.402. The number of hydrogen-bond donors (Lipinski definition) is 3. The second kappa shape index (κ2) is 8.33. The fourth-order valence-electron chi connectivity index (χ4n) is 2.24. The first-order valence-electron chi connectivity index (χ1n) is 8.30. The molecular weight excluding hydrogens is 368 g/mol. The molecule has 28 heavy (non-hydrogen) atoms. The number of rotatable bonds is 6. The van der Waals surface area contributed by atoms with Gasteiger partial charge in [-0.05, 0) is 39.0 Å². The molecule has 10 nitrogen and oxygen atoms in total. The maximum absolute atomic E-state index is 12.4. The van der Waals surface area contributed by atoms with Crippen LogP contribution < -0.4 is 16.0 Å². The van der Waals surface area contributed by atoms with Crippen LogP contribution in [0.2, 0.25) is 0 Å². The van der Waals surface area contributed by atoms with Crippen molar-refractivity contribution in [2.75, 3.05) is 11.9 Å². The fourth-order valence-corrected chi connectivity index (χ4v) is 2.24. The van der Waals surface area contributed by atoms with E-state index in [1.54, 1.807) is 12.1 Å². The third-order valence-corrected chi connectivity index (χ3v) is 3.34. The Hall–Kier alpha value is -3.69. The molecule has 2 rings (SSSR count). The first-order chi connectivity index (χ1) is 13.1. The van der Waals surface area contributed by atoms with Gasteiger partial charge in [-0.15, -0.1) is 0 Å². The van der Waals surface area contributed by atoms with E-state index in [0.29, 0.717) is 0 Å². The zero-order valence-corrected chi connectivity index (χ0v) is 15.6. The molecule has 0 saturated heterocycles. The summed E-state index contributed by atoms with van der Waals surface area (Å²) >= 11 is 0. The van der Waals surface area contributed by atoms with E-state index in [-0.39, 0.29) is 29.5 Å². The molecule has 10 heteroatoms. The van der Waals surface area contributed by atoms with E-state index in [1.807, 2.05) is 20.8 Å². The van der Waals surface area contributed by atoms with Crippen LogP contribution in [0.25, 0.3) is 0 Å². The predicted molar refractivity (Wildman–Crippen MR) is 100.0 cm³/mol. The van der Waals surface area contributed by atoms with Crippen LogP contribution >= 0.6 is 0 Å². The van der Waals surface area contributed by atoms with Crippen molar-refractivity contribution in [3.63, 3.8) is 0 Å². The second-order valence-electron chi connectivity index (χ2n) is 6.88. The Morgan fingerprint density at radius 3 is 2.36 bits per heavy atom. The molecule has 3 amide bonds. The van der Waals surface area contributed by atoms with Crippen LogP contribution in [0, 0.1) is 10.1 Å². The zero-order chi connectivity index (χ0) is 20.9. The van der Waals surface area contributed by atoms with Gasteiger partial charge in [0, 0.05) is 5.54 Å². The number of carbonyl (C=O) groups excluding carboxylic acids is 3. The number of hydrogen-bond acceptors (Lipinski definition) is 6. The molecule has 0 radical (unpaired) electrons. The number of nitro groups is 1. The Bertz CT molecular complexity index is 913. The molecule has 0 aliphatic heterocycles. The van der Waals surface area contributed by atoms with Crippen LogP contribution in [0.15, 0.2) is 40.8 Å². The Morgan fingerprint density at radius 2 is 1.75 bits per heavy atom. The van der Waals surface area contributed by atoms with E-state index in [9.17, 15) is 24.5 Å². The van der Waals surface area contributed by atoms with Crippen molar-refractivity contribution in [2.24, 2.45) is 0 Å². The van der Waals surface area contributed by atoms with Gasteiger partial charge in [0.05, 0.1) is 23.9 Å². The van der Waals surface area contributed by atoms with Crippen molar-refractivity contribution < 1.29 is 23.7 Å². The number of carbonyl (C=O) groups is 3. The predicted octanol–water partition coefficient (Wildman–Crippen LogP) is 2.08. The third kappa shape index (κ3) is 5.66. The molecule has 0 unspecified atom stereocenters. The quantitative estimate of drug-likeness (QED) is 0.510. The highest BCUT2D eigenvalue weighted by molar-refractivity contribution is 6.08. The molecular formula is C18H20N4O6. The minimum Gasteiger partial charge on any atom is -0.395 e. The summed E-state index contributed by atoms with van der Waals surface area (Å²) in [5, 5.41) is 18.3. The highest BCUT2D eigenvalue weighted by Crippen LogP contribution is 2.19. The number of benzene rings is 1. The summed E-state index contributed by atoms with van der Waals surface area (Å²) in [6.07, 6.45) is 0. The van der Waals surface area contributed by atoms with Gasteiger partial charge in [0.2, 0.25) is 5.91 Å². The van der Waals surface area contributed by atoms with E-state index in [0.717, 1.165) is 12.1 Å². The number of amides is 3. The van der Waals surface area contributed by atoms with Gasteiger partial charge >= 0.3 is 5.88 Å². The molecule has 0 fully saturated rings. The van der Waals surface area contributed by atoms with Gasteiger partial charge in [0.15, 0.2) is 5.76 Å². The topological polar surface area (TPSA) is 144 Å². The van der Waals surface area contributed by atoms with Gasteiger partial charge in [-0.1, -0.05) is 12.1 Å². The van der Waals surface area contributed by atoms with Gasteiger partial charge in [0.25, 0.3) is 11.8 Å². The maximum atomic E-state index is 12.4. The highest BCUT2D eigenvalue weighted by atomic mass is 16.6. The molecule has 1 aromatic heterocycles. The summed E-state index contributed by atoms with van der Waals surface area (Å²) < 4.78 is 4.84. The molecule has 148 valence electrons. The molecule has 0 bridgehead atoms. The Kier molecular flexibility index (Phi) is 6.14. The van der Waals surface area contributed by atoms with Gasteiger partial charge in [-0.3, -0.25) is 24.5 Å². The van der Waals surface area contributed by atoms with Crippen LogP contribution in [0.1, 0.15) is 41.7 Å². The molecule has 3 N–H and O–H groups in total. The molecule has 0 saturated carbocycles. The molecule has 0 atom stereocenters. The smallest absolute Gasteiger partial charge is 0.395 e. The number of para-hydroxylation sites is 1. The number of furan rings is 1. The Balaban J connectivity index is 2.07. The van der Waals surface area contributed by atoms with Crippen molar-refractivity contribution in [3.05, 3.63) is 57.8 Å². The summed E-state index contributed by atoms with van der Waals surface area (Å²) in [7, 11) is 0. The lowest BCUT2D eigenvalue weighted by Gasteiger charge is -2.20. The largest absolute Gasteiger partial charge is 0.433 e. The molecule has 0 aliphatic rings. The SMILES string of the molecule is CC(C)(C)NC(=O)CNC(=O)c1ccccc1NC(=O)c1ccc([N+](=O)[O-])o1. The summed E-state index contributed by atoms with van der Waals surface area (Å²) in [6, 6.07) is 8.37. The van der Waals surface area contributed by atoms with Crippen molar-refractivity contribution in [1.29, 1.82) is 0 Å². The summed E-state index contributed by atoms with van der Waals surface area (Å²) in [5.41, 5.74) is -0.139. The van der Waals surface area contributed by atoms with Crippen molar-refractivity contribution >= 4 is 29.3 Å². The highest BCUT2D eigenvalue weighted by Gasteiger charge is 2.20. The third-order valence-electron chi connectivity index (χ3n) is 3.34. The summed E-state index contributed by atoms with van der Waals surface area (Å²) in [5.74, 6) is -2.51. The van der Waals surface area contributed by atoms with Crippen molar-refractivity contribution in [1.82, 2.24) is 10.6 Å². The molecule has 2 aromatic rings. The average molecular weight is 388 g/mol. The normalized spacial score (nSPS) is 10.8. The number of nitrogens with one attached hydrogen (secondary N) is 3. The zero-order valence-electron chi connectivity index (χ0n) is 15.6. The lowest BCUT2D eigenvalue weighted by atomic mass is 10.1. The second-order valence-corrected chi connectivity index (χ2v) is 6.88. The number of anilines is 1. The van der Waals surface area contributed by atoms with Gasteiger partial charge < -0.3 is 20.4 Å². The van der Waals surface area contributed by atoms with Crippen LogP contribution in [0.3, 0.4) is 0 Å². The minimum atomic E-state index is -0.763. The fraction of sp³-hybridized carbons (Fsp3) is 0.278. The summed E-state index contributed by atoms with van der Waals surface area (Å²) in [4.78, 5) is 46.3. The van der Waals surface area contributed by atoms with Gasteiger partial charge in [-0.25, -0.2) is 0 Å². The first kappa shape index (κ1) is 20.6. The van der Waals surface area contributed by atoms with E-state index in [4.69, 9.17) is 4.42 Å². The molecule has 0 spiro atoms. The van der Waals surface area contributed by atoms with Gasteiger partial charge in [0.1, 0.15) is 4.92 Å². The Morgan fingerprint density at radius 1 is 1.07 bits per heavy atom. The van der Waals surface area contributed by atoms with E-state index in [1.165, 1.54) is 12.1 Å². The molecule has 1 heterocycles. The lowest BCUT2D eigenvalue weighted by Crippen LogP contribution is -2.45. The average Bonchev–Trinajstić information content (AvgIpc) is 3.09. The van der Waals surface area contributed by atoms with Crippen molar-refractivity contribution in [3.8, 4) is 0 Å². The van der Waals surface area contributed by atoms with Crippen LogP contribution in [-0.2, 0) is 4.79 Å². The molecule has 1 aromatic carbocycles. The monoisotopic (exact) mass is 388 g/mol. The van der Waals surface area contributed by atoms with Crippen LogP contribution in [0.5, 0.6) is 0 Å².